The Bertz CT molecular complexity index is 854. The molecule has 0 bridgehead atoms. The zero-order chi connectivity index (χ0) is 20.3. The second-order valence-electron chi connectivity index (χ2n) is 7.61. The highest BCUT2D eigenvalue weighted by atomic mass is 32.1. The average Bonchev–Trinajstić information content (AvgIpc) is 3.15. The van der Waals surface area contributed by atoms with E-state index in [0.717, 1.165) is 12.0 Å². The van der Waals surface area contributed by atoms with Crippen molar-refractivity contribution in [2.45, 2.75) is 33.2 Å². The minimum absolute atomic E-state index is 0.0155. The second-order valence-corrected chi connectivity index (χ2v) is 8.61. The molecule has 0 saturated carbocycles. The van der Waals surface area contributed by atoms with Gasteiger partial charge in [-0.2, -0.15) is 0 Å². The van der Waals surface area contributed by atoms with Crippen LogP contribution in [0.3, 0.4) is 0 Å². The van der Waals surface area contributed by atoms with E-state index in [1.54, 1.807) is 22.3 Å². The van der Waals surface area contributed by atoms with Crippen molar-refractivity contribution >= 4 is 23.2 Å². The number of nitrogens with zero attached hydrogens (tertiary/aromatic N) is 2. The monoisotopic (exact) mass is 396 g/mol. The Labute approximate surface area is 171 Å². The SMILES string of the molecule is C=CCN(CC(=O)N1CCc2sccc2[C@H]1c1ccc(C)cc1)C(=O)C(C)C. The van der Waals surface area contributed by atoms with Gasteiger partial charge in [0.2, 0.25) is 11.8 Å². The number of carbonyl (C=O) groups is 2. The van der Waals surface area contributed by atoms with Crippen LogP contribution in [-0.2, 0) is 16.0 Å². The van der Waals surface area contributed by atoms with Crippen molar-refractivity contribution in [2.24, 2.45) is 5.92 Å². The molecule has 1 aromatic carbocycles. The van der Waals surface area contributed by atoms with Gasteiger partial charge in [0.15, 0.2) is 0 Å². The number of thiophene rings is 1. The van der Waals surface area contributed by atoms with Crippen LogP contribution in [-0.4, -0.2) is 41.2 Å². The molecule has 0 radical (unpaired) electrons. The van der Waals surface area contributed by atoms with Crippen molar-refractivity contribution in [3.8, 4) is 0 Å². The normalized spacial score (nSPS) is 16.0. The summed E-state index contributed by atoms with van der Waals surface area (Å²) in [6, 6.07) is 10.4. The third kappa shape index (κ3) is 4.20. The molecule has 2 heterocycles. The zero-order valence-electron chi connectivity index (χ0n) is 16.9. The van der Waals surface area contributed by atoms with Gasteiger partial charge in [-0.25, -0.2) is 0 Å². The lowest BCUT2D eigenvalue weighted by molar-refractivity contribution is -0.142. The molecule has 28 heavy (non-hydrogen) atoms. The summed E-state index contributed by atoms with van der Waals surface area (Å²) in [6.07, 6.45) is 2.54. The van der Waals surface area contributed by atoms with E-state index in [2.05, 4.69) is 49.2 Å². The van der Waals surface area contributed by atoms with Crippen LogP contribution < -0.4 is 0 Å². The van der Waals surface area contributed by atoms with Crippen molar-refractivity contribution in [3.05, 3.63) is 69.9 Å². The van der Waals surface area contributed by atoms with Crippen LogP contribution in [0.25, 0.3) is 0 Å². The van der Waals surface area contributed by atoms with Crippen LogP contribution in [0.1, 0.15) is 41.5 Å². The molecule has 3 rings (SSSR count). The molecule has 0 spiro atoms. The summed E-state index contributed by atoms with van der Waals surface area (Å²) in [5.41, 5.74) is 3.52. The fourth-order valence-corrected chi connectivity index (χ4v) is 4.60. The van der Waals surface area contributed by atoms with Gasteiger partial charge in [-0.15, -0.1) is 17.9 Å². The zero-order valence-corrected chi connectivity index (χ0v) is 17.7. The molecule has 1 atom stereocenters. The highest BCUT2D eigenvalue weighted by Crippen LogP contribution is 2.37. The average molecular weight is 397 g/mol. The smallest absolute Gasteiger partial charge is 0.243 e. The standard InChI is InChI=1S/C23H28N2O2S/c1-5-12-24(23(27)16(2)3)15-21(26)25-13-10-20-19(11-14-28-20)22(25)18-8-6-17(4)7-9-18/h5-9,11,14,16,22H,1,10,12-13,15H2,2-4H3/t22-/m1/s1. The number of amides is 2. The van der Waals surface area contributed by atoms with E-state index >= 15 is 0 Å². The molecule has 0 aliphatic carbocycles. The van der Waals surface area contributed by atoms with Gasteiger partial charge in [-0.05, 0) is 35.9 Å². The van der Waals surface area contributed by atoms with Crippen molar-refractivity contribution in [1.29, 1.82) is 0 Å². The predicted molar refractivity (Wildman–Crippen MR) is 114 cm³/mol. The summed E-state index contributed by atoms with van der Waals surface area (Å²) in [6.45, 7) is 10.7. The minimum atomic E-state index is -0.148. The van der Waals surface area contributed by atoms with E-state index in [9.17, 15) is 9.59 Å². The maximum absolute atomic E-state index is 13.3. The molecule has 1 aliphatic rings. The molecule has 0 fully saturated rings. The first-order valence-electron chi connectivity index (χ1n) is 9.74. The maximum Gasteiger partial charge on any atom is 0.243 e. The molecule has 0 unspecified atom stereocenters. The van der Waals surface area contributed by atoms with E-state index in [1.165, 1.54) is 16.0 Å². The molecule has 2 amide bonds. The van der Waals surface area contributed by atoms with Crippen molar-refractivity contribution in [3.63, 3.8) is 0 Å². The van der Waals surface area contributed by atoms with Gasteiger partial charge in [0, 0.05) is 23.9 Å². The van der Waals surface area contributed by atoms with Crippen molar-refractivity contribution in [1.82, 2.24) is 9.80 Å². The van der Waals surface area contributed by atoms with Gasteiger partial charge in [0.05, 0.1) is 6.04 Å². The number of carbonyl (C=O) groups excluding carboxylic acids is 2. The molecular formula is C23H28N2O2S. The van der Waals surface area contributed by atoms with E-state index in [-0.39, 0.29) is 30.3 Å². The fraction of sp³-hybridized carbons (Fsp3) is 0.391. The summed E-state index contributed by atoms with van der Waals surface area (Å²) in [7, 11) is 0. The number of hydrogen-bond acceptors (Lipinski definition) is 3. The van der Waals surface area contributed by atoms with E-state index in [4.69, 9.17) is 0 Å². The third-order valence-corrected chi connectivity index (χ3v) is 6.16. The first-order valence-corrected chi connectivity index (χ1v) is 10.6. The molecule has 1 aromatic heterocycles. The van der Waals surface area contributed by atoms with E-state index < -0.39 is 0 Å². The Morgan fingerprint density at radius 3 is 2.64 bits per heavy atom. The largest absolute Gasteiger partial charge is 0.330 e. The lowest BCUT2D eigenvalue weighted by Crippen LogP contribution is -2.47. The van der Waals surface area contributed by atoms with Crippen LogP contribution in [0, 0.1) is 12.8 Å². The molecular weight excluding hydrogens is 368 g/mol. The van der Waals surface area contributed by atoms with Crippen LogP contribution in [0.4, 0.5) is 0 Å². The van der Waals surface area contributed by atoms with Crippen LogP contribution in [0.5, 0.6) is 0 Å². The highest BCUT2D eigenvalue weighted by Gasteiger charge is 2.34. The van der Waals surface area contributed by atoms with Crippen molar-refractivity contribution in [2.75, 3.05) is 19.6 Å². The fourth-order valence-electron chi connectivity index (χ4n) is 3.70. The van der Waals surface area contributed by atoms with Gasteiger partial charge in [-0.1, -0.05) is 49.8 Å². The minimum Gasteiger partial charge on any atom is -0.330 e. The first-order chi connectivity index (χ1) is 13.4. The summed E-state index contributed by atoms with van der Waals surface area (Å²) in [4.78, 5) is 30.7. The first kappa shape index (κ1) is 20.3. The molecule has 148 valence electrons. The molecule has 2 aromatic rings. The van der Waals surface area contributed by atoms with E-state index in [0.29, 0.717) is 13.1 Å². The summed E-state index contributed by atoms with van der Waals surface area (Å²) in [5, 5.41) is 2.10. The van der Waals surface area contributed by atoms with Crippen LogP contribution in [0.15, 0.2) is 48.4 Å². The molecule has 4 nitrogen and oxygen atoms in total. The summed E-state index contributed by atoms with van der Waals surface area (Å²) < 4.78 is 0. The van der Waals surface area contributed by atoms with E-state index in [1.807, 2.05) is 18.7 Å². The Kier molecular flexibility index (Phi) is 6.35. The summed E-state index contributed by atoms with van der Waals surface area (Å²) in [5.74, 6) is -0.183. The molecule has 5 heteroatoms. The Morgan fingerprint density at radius 2 is 2.00 bits per heavy atom. The second kappa shape index (κ2) is 8.74. The van der Waals surface area contributed by atoms with Crippen LogP contribution in [0.2, 0.25) is 0 Å². The van der Waals surface area contributed by atoms with Gasteiger partial charge in [-0.3, -0.25) is 9.59 Å². The predicted octanol–water partition coefficient (Wildman–Crippen LogP) is 4.20. The lowest BCUT2D eigenvalue weighted by Gasteiger charge is -2.37. The Hall–Kier alpha value is -2.40. The molecule has 0 saturated heterocycles. The number of aryl methyl sites for hydroxylation is 1. The third-order valence-electron chi connectivity index (χ3n) is 5.16. The maximum atomic E-state index is 13.3. The van der Waals surface area contributed by atoms with Crippen molar-refractivity contribution < 1.29 is 9.59 Å². The number of hydrogen-bond donors (Lipinski definition) is 0. The number of benzene rings is 1. The number of rotatable bonds is 6. The number of fused-ring (bicyclic) bond motifs is 1. The van der Waals surface area contributed by atoms with Gasteiger partial charge < -0.3 is 9.80 Å². The Morgan fingerprint density at radius 1 is 1.29 bits per heavy atom. The molecule has 1 aliphatic heterocycles. The molecule has 0 N–H and O–H groups in total. The Balaban J connectivity index is 1.90. The summed E-state index contributed by atoms with van der Waals surface area (Å²) >= 11 is 1.76. The quantitative estimate of drug-likeness (QED) is 0.687. The van der Waals surface area contributed by atoms with Crippen LogP contribution >= 0.6 is 11.3 Å². The topological polar surface area (TPSA) is 40.6 Å². The van der Waals surface area contributed by atoms with Gasteiger partial charge in [0.1, 0.15) is 6.54 Å². The van der Waals surface area contributed by atoms with Gasteiger partial charge in [0.25, 0.3) is 0 Å². The highest BCUT2D eigenvalue weighted by molar-refractivity contribution is 7.10. The lowest BCUT2D eigenvalue weighted by atomic mass is 9.92. The van der Waals surface area contributed by atoms with Gasteiger partial charge >= 0.3 is 0 Å².